The molecular weight excluding hydrogens is 508 g/mol. The molecule has 2 saturated heterocycles. The number of halogens is 1. The van der Waals surface area contributed by atoms with E-state index in [0.29, 0.717) is 23.6 Å². The number of anilines is 1. The van der Waals surface area contributed by atoms with Crippen LogP contribution < -0.4 is 4.90 Å². The second kappa shape index (κ2) is 10.5. The predicted molar refractivity (Wildman–Crippen MR) is 143 cm³/mol. The fourth-order valence-electron chi connectivity index (χ4n) is 6.68. The summed E-state index contributed by atoms with van der Waals surface area (Å²) < 4.78 is 12.6. The van der Waals surface area contributed by atoms with Crippen molar-refractivity contribution in [1.82, 2.24) is 4.90 Å². The van der Waals surface area contributed by atoms with Crippen LogP contribution in [0.1, 0.15) is 44.6 Å². The SMILES string of the molecule is CC[C@]12/C=C\CCCCOC(=O)[C@H]1[C@H]1C(=O)N(CCCO)C3C(=O)N(c4c(C)cccc4Cl)CC=C[C@@]31O2. The second-order valence-corrected chi connectivity index (χ2v) is 11.0. The number of para-hydroxylation sites is 1. The molecule has 1 aromatic rings. The number of ether oxygens (including phenoxy) is 2. The van der Waals surface area contributed by atoms with E-state index >= 15 is 0 Å². The Morgan fingerprint density at radius 2 is 1.92 bits per heavy atom. The van der Waals surface area contributed by atoms with Gasteiger partial charge in [-0.05, 0) is 50.7 Å². The van der Waals surface area contributed by atoms with Crippen LogP contribution in [0.4, 0.5) is 5.69 Å². The van der Waals surface area contributed by atoms with Gasteiger partial charge in [-0.2, -0.15) is 0 Å². The van der Waals surface area contributed by atoms with Crippen molar-refractivity contribution in [3.05, 3.63) is 53.1 Å². The predicted octanol–water partition coefficient (Wildman–Crippen LogP) is 3.58. The Hall–Kier alpha value is -2.68. The summed E-state index contributed by atoms with van der Waals surface area (Å²) in [7, 11) is 0. The quantitative estimate of drug-likeness (QED) is 0.451. The van der Waals surface area contributed by atoms with Gasteiger partial charge in [-0.25, -0.2) is 0 Å². The molecule has 1 aromatic carbocycles. The summed E-state index contributed by atoms with van der Waals surface area (Å²) in [5.74, 6) is -2.97. The monoisotopic (exact) mass is 542 g/mol. The minimum Gasteiger partial charge on any atom is -0.465 e. The molecule has 5 atom stereocenters. The maximum Gasteiger partial charge on any atom is 0.313 e. The Kier molecular flexibility index (Phi) is 7.42. The fourth-order valence-corrected chi connectivity index (χ4v) is 7.01. The molecule has 0 saturated carbocycles. The second-order valence-electron chi connectivity index (χ2n) is 10.6. The molecule has 4 aliphatic heterocycles. The van der Waals surface area contributed by atoms with Crippen LogP contribution >= 0.6 is 11.6 Å². The van der Waals surface area contributed by atoms with E-state index in [1.54, 1.807) is 11.0 Å². The summed E-state index contributed by atoms with van der Waals surface area (Å²) in [6.45, 7) is 4.36. The summed E-state index contributed by atoms with van der Waals surface area (Å²) in [6, 6.07) is 4.43. The molecule has 0 aliphatic carbocycles. The zero-order valence-electron chi connectivity index (χ0n) is 21.9. The summed E-state index contributed by atoms with van der Waals surface area (Å²) in [5, 5.41) is 10.0. The molecule has 4 aliphatic rings. The van der Waals surface area contributed by atoms with Crippen LogP contribution in [-0.4, -0.2) is 71.3 Å². The van der Waals surface area contributed by atoms with Crippen molar-refractivity contribution in [2.45, 2.75) is 63.2 Å². The number of aliphatic hydroxyl groups excluding tert-OH is 1. The summed E-state index contributed by atoms with van der Waals surface area (Å²) in [4.78, 5) is 45.4. The molecule has 9 heteroatoms. The van der Waals surface area contributed by atoms with Gasteiger partial charge in [-0.15, -0.1) is 0 Å². The lowest BCUT2D eigenvalue weighted by Crippen LogP contribution is -2.56. The van der Waals surface area contributed by atoms with Crippen molar-refractivity contribution < 1.29 is 29.0 Å². The van der Waals surface area contributed by atoms with Gasteiger partial charge >= 0.3 is 5.97 Å². The van der Waals surface area contributed by atoms with Gasteiger partial charge in [0.2, 0.25) is 5.91 Å². The summed E-state index contributed by atoms with van der Waals surface area (Å²) >= 11 is 6.58. The van der Waals surface area contributed by atoms with Crippen LogP contribution in [0.3, 0.4) is 0 Å². The number of nitrogens with zero attached hydrogens (tertiary/aromatic N) is 2. The minimum atomic E-state index is -1.37. The third-order valence-corrected chi connectivity index (χ3v) is 8.70. The third kappa shape index (κ3) is 4.08. The first-order valence-electron chi connectivity index (χ1n) is 13.5. The highest BCUT2D eigenvalue weighted by Gasteiger charge is 2.75. The van der Waals surface area contributed by atoms with E-state index in [0.717, 1.165) is 24.8 Å². The van der Waals surface area contributed by atoms with Gasteiger partial charge in [0.15, 0.2) is 0 Å². The topological polar surface area (TPSA) is 96.4 Å². The van der Waals surface area contributed by atoms with E-state index in [1.165, 1.54) is 4.90 Å². The molecular formula is C29H35ClN2O6. The Balaban J connectivity index is 1.67. The molecule has 0 aromatic heterocycles. The number of allylic oxidation sites excluding steroid dienone is 1. The van der Waals surface area contributed by atoms with Crippen LogP contribution in [0, 0.1) is 18.8 Å². The van der Waals surface area contributed by atoms with Crippen molar-refractivity contribution in [1.29, 1.82) is 0 Å². The van der Waals surface area contributed by atoms with Crippen LogP contribution in [0.5, 0.6) is 0 Å². The van der Waals surface area contributed by atoms with Crippen molar-refractivity contribution >= 4 is 35.1 Å². The molecule has 4 heterocycles. The molecule has 2 amide bonds. The fraction of sp³-hybridized carbons (Fsp3) is 0.552. The van der Waals surface area contributed by atoms with Gasteiger partial charge < -0.3 is 24.4 Å². The number of fused-ring (bicyclic) bond motifs is 2. The number of carbonyl (C=O) groups excluding carboxylic acids is 3. The molecule has 0 bridgehead atoms. The lowest BCUT2D eigenvalue weighted by atomic mass is 9.73. The molecule has 1 unspecified atom stereocenters. The first-order chi connectivity index (χ1) is 18.3. The normalized spacial score (nSPS) is 33.9. The molecule has 1 N–H and O–H groups in total. The number of aryl methyl sites for hydroxylation is 1. The van der Waals surface area contributed by atoms with Gasteiger partial charge in [-0.1, -0.05) is 55.0 Å². The minimum absolute atomic E-state index is 0.139. The number of cyclic esters (lactones) is 1. The van der Waals surface area contributed by atoms with E-state index < -0.39 is 35.0 Å². The number of hydrogen-bond donors (Lipinski definition) is 1. The van der Waals surface area contributed by atoms with E-state index in [1.807, 2.05) is 50.3 Å². The van der Waals surface area contributed by atoms with Crippen LogP contribution in [0.15, 0.2) is 42.5 Å². The maximum atomic E-state index is 14.5. The zero-order chi connectivity index (χ0) is 27.1. The average molecular weight is 543 g/mol. The molecule has 5 rings (SSSR count). The van der Waals surface area contributed by atoms with Crippen molar-refractivity contribution in [2.24, 2.45) is 11.8 Å². The number of likely N-dealkylation sites (tertiary alicyclic amines) is 1. The smallest absolute Gasteiger partial charge is 0.313 e. The number of rotatable bonds is 5. The van der Waals surface area contributed by atoms with Crippen LogP contribution in [0.2, 0.25) is 5.02 Å². The zero-order valence-corrected chi connectivity index (χ0v) is 22.7. The molecule has 2 fully saturated rings. The summed E-state index contributed by atoms with van der Waals surface area (Å²) in [6.07, 6.45) is 10.7. The van der Waals surface area contributed by atoms with E-state index in [9.17, 15) is 19.5 Å². The highest BCUT2D eigenvalue weighted by Crippen LogP contribution is 2.58. The van der Waals surface area contributed by atoms with Crippen molar-refractivity contribution in [2.75, 3.05) is 31.2 Å². The molecule has 0 radical (unpaired) electrons. The Morgan fingerprint density at radius 1 is 1.11 bits per heavy atom. The molecule has 8 nitrogen and oxygen atoms in total. The number of amides is 2. The molecule has 204 valence electrons. The van der Waals surface area contributed by atoms with Crippen molar-refractivity contribution in [3.63, 3.8) is 0 Å². The van der Waals surface area contributed by atoms with E-state index in [-0.39, 0.29) is 38.1 Å². The standard InChI is InChI=1S/C29H35ClN2O6/c1-3-28-13-6-4-5-7-18-37-27(36)22(28)21-25(34)32(16-10-17-33)24-26(35)31(15-9-14-29(21,24)38-28)23-19(2)11-8-12-20(23)30/h6,8-9,11-14,21-22,24,33H,3-5,7,10,15-18H2,1-2H3/b13-6-/t21-,22+,24?,28-,29-/m0/s1. The highest BCUT2D eigenvalue weighted by molar-refractivity contribution is 6.34. The number of aliphatic hydroxyl groups is 1. The maximum absolute atomic E-state index is 14.5. The number of carbonyl (C=O) groups is 3. The summed E-state index contributed by atoms with van der Waals surface area (Å²) in [5.41, 5.74) is -1.04. The van der Waals surface area contributed by atoms with Gasteiger partial charge in [-0.3, -0.25) is 14.4 Å². The third-order valence-electron chi connectivity index (χ3n) is 8.40. The van der Waals surface area contributed by atoms with Crippen LogP contribution in [-0.2, 0) is 23.9 Å². The number of benzene rings is 1. The number of esters is 1. The lowest BCUT2D eigenvalue weighted by Gasteiger charge is -2.38. The average Bonchev–Trinajstić information content (AvgIpc) is 3.25. The van der Waals surface area contributed by atoms with E-state index in [2.05, 4.69) is 0 Å². The van der Waals surface area contributed by atoms with Crippen molar-refractivity contribution in [3.8, 4) is 0 Å². The van der Waals surface area contributed by atoms with E-state index in [4.69, 9.17) is 21.1 Å². The first kappa shape index (κ1) is 26.9. The molecule has 38 heavy (non-hydrogen) atoms. The Labute approximate surface area is 228 Å². The van der Waals surface area contributed by atoms with Gasteiger partial charge in [0.1, 0.15) is 23.2 Å². The Morgan fingerprint density at radius 3 is 2.66 bits per heavy atom. The Bertz CT molecular complexity index is 1160. The molecule has 1 spiro atoms. The number of hydrogen-bond acceptors (Lipinski definition) is 6. The lowest BCUT2D eigenvalue weighted by molar-refractivity contribution is -0.160. The first-order valence-corrected chi connectivity index (χ1v) is 13.9. The van der Waals surface area contributed by atoms with Gasteiger partial charge in [0.05, 0.1) is 23.2 Å². The van der Waals surface area contributed by atoms with Crippen LogP contribution in [0.25, 0.3) is 0 Å². The highest BCUT2D eigenvalue weighted by atomic mass is 35.5. The van der Waals surface area contributed by atoms with Gasteiger partial charge in [0, 0.05) is 19.7 Å². The van der Waals surface area contributed by atoms with Gasteiger partial charge in [0.25, 0.3) is 5.91 Å². The largest absolute Gasteiger partial charge is 0.465 e.